The van der Waals surface area contributed by atoms with Crippen LogP contribution in [0.1, 0.15) is 66.6 Å². The first-order valence-electron chi connectivity index (χ1n) is 23.8. The Hall–Kier alpha value is -7.94. The van der Waals surface area contributed by atoms with Gasteiger partial charge in [0.2, 0.25) is 0 Å². The van der Waals surface area contributed by atoms with E-state index in [4.69, 9.17) is 0 Å². The molecule has 0 radical (unpaired) electrons. The Morgan fingerprint density at radius 2 is 0.761 bits per heavy atom. The number of benzene rings is 10. The van der Waals surface area contributed by atoms with E-state index >= 15 is 0 Å². The largest absolute Gasteiger partial charge is 0.322 e. The zero-order chi connectivity index (χ0) is 44.8. The van der Waals surface area contributed by atoms with Gasteiger partial charge in [-0.25, -0.2) is 0 Å². The van der Waals surface area contributed by atoms with Crippen molar-refractivity contribution in [3.05, 3.63) is 257 Å². The SMILES string of the molecule is CC1(C)c2ccccc2-c2c(N(c3ccc4c5ccccc5n(C5(c6cccc7ccccc67)c6ccccc6-c6ccccc65)c4c3)c3cccc4c3-c3ccccc3C4(C)C)cccc21. The van der Waals surface area contributed by atoms with Gasteiger partial charge in [0.15, 0.2) is 0 Å². The quantitative estimate of drug-likeness (QED) is 0.167. The van der Waals surface area contributed by atoms with Crippen molar-refractivity contribution in [3.63, 3.8) is 0 Å². The molecular weight excluding hydrogens is 809 g/mol. The van der Waals surface area contributed by atoms with Crippen LogP contribution in [0.2, 0.25) is 0 Å². The molecule has 0 fully saturated rings. The van der Waals surface area contributed by atoms with Crippen molar-refractivity contribution < 1.29 is 0 Å². The van der Waals surface area contributed by atoms with Crippen LogP contribution in [0.25, 0.3) is 66.0 Å². The summed E-state index contributed by atoms with van der Waals surface area (Å²) in [6, 6.07) is 82.7. The van der Waals surface area contributed by atoms with Crippen molar-refractivity contribution in [1.29, 1.82) is 0 Å². The molecular formula is C65H48N2. The number of rotatable bonds is 5. The van der Waals surface area contributed by atoms with E-state index in [0.717, 1.165) is 5.69 Å². The molecule has 318 valence electrons. The molecule has 2 heteroatoms. The number of para-hydroxylation sites is 1. The maximum Gasteiger partial charge on any atom is 0.123 e. The molecule has 0 bridgehead atoms. The maximum atomic E-state index is 2.72. The first-order valence-corrected chi connectivity index (χ1v) is 23.8. The van der Waals surface area contributed by atoms with E-state index in [-0.39, 0.29) is 10.8 Å². The fourth-order valence-electron chi connectivity index (χ4n) is 13.1. The van der Waals surface area contributed by atoms with Gasteiger partial charge in [0.05, 0.1) is 22.4 Å². The fourth-order valence-corrected chi connectivity index (χ4v) is 13.1. The Kier molecular flexibility index (Phi) is 7.76. The standard InChI is InChI=1S/C65H48N2/c1-63(2)50-28-12-9-26-48(50)61-55(63)33-18-36-58(61)66(59-37-19-34-56-62(59)49-27-10-13-29-51(49)64(56,3)4)42-38-39-47-46-25-11-16-35-57(46)67(60(47)40-42)65(52-32-17-21-41-20-5-6-22-43(41)52)53-30-14-7-23-44(53)45-24-8-15-31-54(45)65/h5-40H,1-4H3. The molecule has 2 nitrogen and oxygen atoms in total. The monoisotopic (exact) mass is 856 g/mol. The summed E-state index contributed by atoms with van der Waals surface area (Å²) in [5, 5.41) is 4.96. The summed E-state index contributed by atoms with van der Waals surface area (Å²) < 4.78 is 2.72. The lowest BCUT2D eigenvalue weighted by molar-refractivity contribution is 0.568. The molecule has 1 heterocycles. The summed E-state index contributed by atoms with van der Waals surface area (Å²) in [5.74, 6) is 0. The third kappa shape index (κ3) is 4.90. The van der Waals surface area contributed by atoms with E-state index in [1.807, 2.05) is 0 Å². The van der Waals surface area contributed by atoms with Crippen LogP contribution in [0.4, 0.5) is 17.1 Å². The zero-order valence-electron chi connectivity index (χ0n) is 38.2. The van der Waals surface area contributed by atoms with Crippen LogP contribution in [0, 0.1) is 0 Å². The van der Waals surface area contributed by atoms with E-state index < -0.39 is 5.54 Å². The van der Waals surface area contributed by atoms with E-state index in [1.54, 1.807) is 0 Å². The highest BCUT2D eigenvalue weighted by molar-refractivity contribution is 6.11. The van der Waals surface area contributed by atoms with Crippen molar-refractivity contribution >= 4 is 49.6 Å². The van der Waals surface area contributed by atoms with Gasteiger partial charge in [-0.15, -0.1) is 0 Å². The number of nitrogens with zero attached hydrogens (tertiary/aromatic N) is 2. The number of hydrogen-bond acceptors (Lipinski definition) is 1. The van der Waals surface area contributed by atoms with E-state index in [2.05, 4.69) is 256 Å². The Morgan fingerprint density at radius 3 is 1.37 bits per heavy atom. The number of anilines is 3. The van der Waals surface area contributed by atoms with Crippen molar-refractivity contribution in [1.82, 2.24) is 4.57 Å². The van der Waals surface area contributed by atoms with Gasteiger partial charge in [0, 0.05) is 38.4 Å². The average molecular weight is 857 g/mol. The van der Waals surface area contributed by atoms with Gasteiger partial charge in [0.25, 0.3) is 0 Å². The molecule has 0 N–H and O–H groups in total. The normalized spacial score (nSPS) is 15.2. The average Bonchev–Trinajstić information content (AvgIpc) is 4.02. The molecule has 3 aliphatic carbocycles. The molecule has 14 rings (SSSR count). The second-order valence-electron chi connectivity index (χ2n) is 20.0. The first-order chi connectivity index (χ1) is 32.8. The van der Waals surface area contributed by atoms with Crippen molar-refractivity contribution in [2.75, 3.05) is 4.90 Å². The Bertz CT molecular complexity index is 3740. The smallest absolute Gasteiger partial charge is 0.123 e. The van der Waals surface area contributed by atoms with Gasteiger partial charge in [-0.2, -0.15) is 0 Å². The second-order valence-corrected chi connectivity index (χ2v) is 20.0. The molecule has 0 atom stereocenters. The third-order valence-corrected chi connectivity index (χ3v) is 16.0. The number of hydrogen-bond donors (Lipinski definition) is 0. The molecule has 0 saturated carbocycles. The highest BCUT2D eigenvalue weighted by atomic mass is 15.2. The van der Waals surface area contributed by atoms with E-state index in [1.165, 1.54) is 116 Å². The van der Waals surface area contributed by atoms with Gasteiger partial charge >= 0.3 is 0 Å². The zero-order valence-corrected chi connectivity index (χ0v) is 38.2. The lowest BCUT2D eigenvalue weighted by Crippen LogP contribution is -2.36. The Balaban J connectivity index is 1.14. The van der Waals surface area contributed by atoms with Gasteiger partial charge in [-0.05, 0) is 102 Å². The van der Waals surface area contributed by atoms with Crippen LogP contribution >= 0.6 is 0 Å². The third-order valence-electron chi connectivity index (χ3n) is 16.0. The van der Waals surface area contributed by atoms with Gasteiger partial charge in [-0.3, -0.25) is 0 Å². The molecule has 10 aromatic carbocycles. The van der Waals surface area contributed by atoms with Gasteiger partial charge in [0.1, 0.15) is 5.54 Å². The minimum absolute atomic E-state index is 0.161. The molecule has 0 unspecified atom stereocenters. The maximum absolute atomic E-state index is 2.72. The first kappa shape index (κ1) is 38.3. The predicted octanol–water partition coefficient (Wildman–Crippen LogP) is 16.9. The van der Waals surface area contributed by atoms with Crippen molar-refractivity contribution in [3.8, 4) is 33.4 Å². The minimum Gasteiger partial charge on any atom is -0.322 e. The molecule has 0 amide bonds. The summed E-state index contributed by atoms with van der Waals surface area (Å²) in [4.78, 5) is 2.61. The molecule has 1 aromatic heterocycles. The molecule has 11 aromatic rings. The summed E-state index contributed by atoms with van der Waals surface area (Å²) in [5.41, 5.74) is 21.9. The van der Waals surface area contributed by atoms with Crippen LogP contribution < -0.4 is 4.90 Å². The Morgan fingerprint density at radius 1 is 0.328 bits per heavy atom. The van der Waals surface area contributed by atoms with Crippen LogP contribution in [-0.2, 0) is 16.4 Å². The van der Waals surface area contributed by atoms with E-state index in [9.17, 15) is 0 Å². The lowest BCUT2D eigenvalue weighted by Gasteiger charge is -2.37. The molecule has 3 aliphatic rings. The molecule has 0 saturated heterocycles. The number of aromatic nitrogens is 1. The van der Waals surface area contributed by atoms with Crippen molar-refractivity contribution in [2.45, 2.75) is 44.1 Å². The molecule has 0 aliphatic heterocycles. The van der Waals surface area contributed by atoms with Crippen LogP contribution in [-0.4, -0.2) is 4.57 Å². The summed E-state index contributed by atoms with van der Waals surface area (Å²) in [6.45, 7) is 9.55. The molecule has 67 heavy (non-hydrogen) atoms. The van der Waals surface area contributed by atoms with Crippen LogP contribution in [0.5, 0.6) is 0 Å². The van der Waals surface area contributed by atoms with Gasteiger partial charge in [-0.1, -0.05) is 216 Å². The fraction of sp³-hybridized carbons (Fsp3) is 0.108. The number of fused-ring (bicyclic) bond motifs is 13. The highest BCUT2D eigenvalue weighted by Gasteiger charge is 2.49. The summed E-state index contributed by atoms with van der Waals surface area (Å²) >= 11 is 0. The minimum atomic E-state index is -0.716. The topological polar surface area (TPSA) is 8.17 Å². The Labute approximate surface area is 392 Å². The van der Waals surface area contributed by atoms with Crippen LogP contribution in [0.15, 0.2) is 218 Å². The van der Waals surface area contributed by atoms with Crippen molar-refractivity contribution in [2.24, 2.45) is 0 Å². The summed E-state index contributed by atoms with van der Waals surface area (Å²) in [6.07, 6.45) is 0. The predicted molar refractivity (Wildman–Crippen MR) is 280 cm³/mol. The highest BCUT2D eigenvalue weighted by Crippen LogP contribution is 2.60. The van der Waals surface area contributed by atoms with Gasteiger partial charge < -0.3 is 9.47 Å². The van der Waals surface area contributed by atoms with E-state index in [0.29, 0.717) is 0 Å². The lowest BCUT2D eigenvalue weighted by atomic mass is 9.77. The van der Waals surface area contributed by atoms with Crippen LogP contribution in [0.3, 0.4) is 0 Å². The summed E-state index contributed by atoms with van der Waals surface area (Å²) in [7, 11) is 0. The molecule has 0 spiro atoms. The second kappa shape index (κ2) is 13.6.